The first kappa shape index (κ1) is 14.6. The number of methoxy groups -OCH3 is 1. The fraction of sp³-hybridized carbons (Fsp3) is 0.385. The van der Waals surface area contributed by atoms with E-state index < -0.39 is 0 Å². The van der Waals surface area contributed by atoms with Gasteiger partial charge in [0.05, 0.1) is 6.61 Å². The van der Waals surface area contributed by atoms with Gasteiger partial charge >= 0.3 is 0 Å². The molecule has 1 aromatic rings. The molecule has 1 N–H and O–H groups in total. The number of benzene rings is 1. The van der Waals surface area contributed by atoms with Crippen LogP contribution in [-0.4, -0.2) is 26.0 Å². The van der Waals surface area contributed by atoms with Gasteiger partial charge in [0.2, 0.25) is 0 Å². The topological polar surface area (TPSA) is 21.3 Å². The smallest absolute Gasteiger partial charge is 0.0587 e. The minimum absolute atomic E-state index is 0.679. The lowest BCUT2D eigenvalue weighted by Crippen LogP contribution is -2.18. The van der Waals surface area contributed by atoms with Crippen molar-refractivity contribution in [1.29, 1.82) is 0 Å². The number of thioether (sulfide) groups is 1. The van der Waals surface area contributed by atoms with Gasteiger partial charge in [-0.2, -0.15) is 0 Å². The second kappa shape index (κ2) is 8.59. The third-order valence-corrected chi connectivity index (χ3v) is 3.48. The highest BCUT2D eigenvalue weighted by molar-refractivity contribution is 7.99. The molecule has 94 valence electrons. The van der Waals surface area contributed by atoms with Gasteiger partial charge in [-0.05, 0) is 17.7 Å². The van der Waals surface area contributed by atoms with E-state index in [-0.39, 0.29) is 0 Å². The van der Waals surface area contributed by atoms with E-state index in [0.29, 0.717) is 5.03 Å². The largest absolute Gasteiger partial charge is 0.383 e. The summed E-state index contributed by atoms with van der Waals surface area (Å²) >= 11 is 7.45. The molecule has 0 aliphatic heterocycles. The Bertz CT molecular complexity index is 357. The number of ether oxygens (including phenoxy) is 1. The van der Waals surface area contributed by atoms with Gasteiger partial charge in [0.15, 0.2) is 0 Å². The van der Waals surface area contributed by atoms with Crippen LogP contribution in [0.2, 0.25) is 0 Å². The fourth-order valence-corrected chi connectivity index (χ4v) is 2.21. The number of rotatable bonds is 8. The van der Waals surface area contributed by atoms with Gasteiger partial charge in [-0.3, -0.25) is 0 Å². The summed E-state index contributed by atoms with van der Waals surface area (Å²) in [6.45, 7) is 6.15. The van der Waals surface area contributed by atoms with Crippen molar-refractivity contribution < 1.29 is 4.74 Å². The average molecular weight is 272 g/mol. The van der Waals surface area contributed by atoms with Crippen molar-refractivity contribution in [1.82, 2.24) is 5.32 Å². The molecule has 0 amide bonds. The zero-order valence-corrected chi connectivity index (χ0v) is 11.6. The maximum atomic E-state index is 5.74. The van der Waals surface area contributed by atoms with Crippen molar-refractivity contribution in [2.75, 3.05) is 26.0 Å². The summed E-state index contributed by atoms with van der Waals surface area (Å²) < 4.78 is 4.98. The zero-order chi connectivity index (χ0) is 12.5. The summed E-state index contributed by atoms with van der Waals surface area (Å²) in [4.78, 5) is 1.22. The van der Waals surface area contributed by atoms with E-state index in [0.717, 1.165) is 25.4 Å². The van der Waals surface area contributed by atoms with E-state index in [1.807, 2.05) is 0 Å². The molecule has 1 rings (SSSR count). The summed E-state index contributed by atoms with van der Waals surface area (Å²) in [5.74, 6) is 0.752. The maximum absolute atomic E-state index is 5.74. The second-order valence-corrected chi connectivity index (χ2v) is 5.21. The molecule has 2 nitrogen and oxygen atoms in total. The number of hydrogen-bond acceptors (Lipinski definition) is 3. The Hall–Kier alpha value is -0.480. The van der Waals surface area contributed by atoms with Crippen LogP contribution in [0.1, 0.15) is 5.56 Å². The minimum atomic E-state index is 0.679. The van der Waals surface area contributed by atoms with Gasteiger partial charge in [-0.25, -0.2) is 0 Å². The zero-order valence-electron chi connectivity index (χ0n) is 10.0. The highest BCUT2D eigenvalue weighted by Gasteiger charge is 1.98. The number of nitrogens with one attached hydrogen (secondary N) is 1. The molecule has 0 radical (unpaired) electrons. The van der Waals surface area contributed by atoms with Crippen LogP contribution in [0.15, 0.2) is 40.8 Å². The van der Waals surface area contributed by atoms with Crippen LogP contribution in [-0.2, 0) is 11.3 Å². The molecule has 0 saturated carbocycles. The van der Waals surface area contributed by atoms with Crippen LogP contribution in [0, 0.1) is 0 Å². The van der Waals surface area contributed by atoms with E-state index in [2.05, 4.69) is 36.2 Å². The van der Waals surface area contributed by atoms with Crippen LogP contribution in [0.25, 0.3) is 0 Å². The van der Waals surface area contributed by atoms with Crippen molar-refractivity contribution in [3.05, 3.63) is 41.4 Å². The molecular weight excluding hydrogens is 254 g/mol. The maximum Gasteiger partial charge on any atom is 0.0587 e. The van der Waals surface area contributed by atoms with Gasteiger partial charge in [-0.1, -0.05) is 30.3 Å². The van der Waals surface area contributed by atoms with Crippen LogP contribution in [0.5, 0.6) is 0 Å². The average Bonchev–Trinajstić information content (AvgIpc) is 2.33. The summed E-state index contributed by atoms with van der Waals surface area (Å²) in [6, 6.07) is 8.43. The van der Waals surface area contributed by atoms with Crippen molar-refractivity contribution in [2.45, 2.75) is 11.4 Å². The molecule has 0 spiro atoms. The molecule has 17 heavy (non-hydrogen) atoms. The monoisotopic (exact) mass is 271 g/mol. The van der Waals surface area contributed by atoms with Gasteiger partial charge in [0.25, 0.3) is 0 Å². The highest BCUT2D eigenvalue weighted by atomic mass is 35.5. The molecule has 1 aromatic carbocycles. The molecular formula is C13H18ClNOS. The normalized spacial score (nSPS) is 10.5. The summed E-state index contributed by atoms with van der Waals surface area (Å²) in [6.07, 6.45) is 0. The second-order valence-electron chi connectivity index (χ2n) is 3.62. The first-order valence-corrected chi connectivity index (χ1v) is 6.83. The Balaban J connectivity index is 2.39. The van der Waals surface area contributed by atoms with Crippen LogP contribution >= 0.6 is 23.4 Å². The molecule has 0 aliphatic carbocycles. The van der Waals surface area contributed by atoms with Crippen LogP contribution in [0.3, 0.4) is 0 Å². The molecule has 0 unspecified atom stereocenters. The molecule has 0 aromatic heterocycles. The van der Waals surface area contributed by atoms with Gasteiger partial charge < -0.3 is 10.1 Å². The van der Waals surface area contributed by atoms with Gasteiger partial charge in [0, 0.05) is 35.9 Å². The predicted octanol–water partition coefficient (Wildman–Crippen LogP) is 3.27. The fourth-order valence-electron chi connectivity index (χ4n) is 1.31. The molecule has 4 heteroatoms. The van der Waals surface area contributed by atoms with E-state index in [9.17, 15) is 0 Å². The summed E-state index contributed by atoms with van der Waals surface area (Å²) in [5, 5.41) is 4.00. The van der Waals surface area contributed by atoms with E-state index in [1.165, 1.54) is 10.5 Å². The van der Waals surface area contributed by atoms with Crippen molar-refractivity contribution in [3.8, 4) is 0 Å². The third-order valence-electron chi connectivity index (χ3n) is 2.11. The van der Waals surface area contributed by atoms with E-state index in [1.54, 1.807) is 18.9 Å². The Morgan fingerprint density at radius 2 is 2.35 bits per heavy atom. The highest BCUT2D eigenvalue weighted by Crippen LogP contribution is 2.22. The molecule has 0 heterocycles. The standard InChI is InChI=1S/C13H18ClNOS/c1-11(14)10-17-13-5-3-4-12(8-13)9-15-6-7-16-2/h3-5,8,15H,1,6-7,9-10H2,2H3. The Morgan fingerprint density at radius 3 is 3.06 bits per heavy atom. The Labute approximate surface area is 112 Å². The van der Waals surface area contributed by atoms with Crippen molar-refractivity contribution in [3.63, 3.8) is 0 Å². The van der Waals surface area contributed by atoms with Gasteiger partial charge in [-0.15, -0.1) is 11.8 Å². The summed E-state index contributed by atoms with van der Waals surface area (Å²) in [5.41, 5.74) is 1.27. The summed E-state index contributed by atoms with van der Waals surface area (Å²) in [7, 11) is 1.71. The first-order valence-electron chi connectivity index (χ1n) is 5.47. The molecule has 0 bridgehead atoms. The van der Waals surface area contributed by atoms with Crippen molar-refractivity contribution in [2.24, 2.45) is 0 Å². The first-order chi connectivity index (χ1) is 8.22. The Morgan fingerprint density at radius 1 is 1.53 bits per heavy atom. The van der Waals surface area contributed by atoms with Crippen molar-refractivity contribution >= 4 is 23.4 Å². The van der Waals surface area contributed by atoms with Crippen LogP contribution in [0.4, 0.5) is 0 Å². The molecule has 0 fully saturated rings. The Kier molecular flexibility index (Phi) is 7.37. The van der Waals surface area contributed by atoms with Gasteiger partial charge in [0.1, 0.15) is 0 Å². The number of hydrogen-bond donors (Lipinski definition) is 1. The minimum Gasteiger partial charge on any atom is -0.383 e. The lowest BCUT2D eigenvalue weighted by atomic mass is 10.2. The molecule has 0 atom stereocenters. The SMILES string of the molecule is C=C(Cl)CSc1cccc(CNCCOC)c1. The molecule has 0 aliphatic rings. The van der Waals surface area contributed by atoms with E-state index in [4.69, 9.17) is 16.3 Å². The lowest BCUT2D eigenvalue weighted by Gasteiger charge is -2.06. The number of halogens is 1. The quantitative estimate of drug-likeness (QED) is 0.579. The lowest BCUT2D eigenvalue weighted by molar-refractivity contribution is 0.199. The predicted molar refractivity (Wildman–Crippen MR) is 75.7 cm³/mol. The molecule has 0 saturated heterocycles. The van der Waals surface area contributed by atoms with E-state index >= 15 is 0 Å². The third kappa shape index (κ3) is 6.74. The van der Waals surface area contributed by atoms with Crippen LogP contribution < -0.4 is 5.32 Å².